The standard InChI is InChI=1S/C26H28ClN3O5/c1-22(2)8-6-12-16-13(10-14(27)17(12)35-22)25(20(33)28-16)18(31)26-15(23(25,3)4)11-24(19(32)29-26)7-5-9-30(24)21(26)34/h6,8,10,15,18,31H,5,7,9,11H2,1-4H3,(H,28,33)(H,29,32)/t15-,18-,24-,25-,26-/m0/s1. The number of amides is 3. The quantitative estimate of drug-likeness (QED) is 0.510. The van der Waals surface area contributed by atoms with Crippen LogP contribution in [0.5, 0.6) is 5.75 Å². The minimum atomic E-state index is -1.57. The van der Waals surface area contributed by atoms with Gasteiger partial charge in [0.25, 0.3) is 5.91 Å². The van der Waals surface area contributed by atoms with E-state index in [1.54, 1.807) is 11.0 Å². The molecular formula is C26H28ClN3O5. The Kier molecular flexibility index (Phi) is 3.63. The van der Waals surface area contributed by atoms with Gasteiger partial charge in [-0.3, -0.25) is 14.4 Å². The molecule has 9 heteroatoms. The maximum absolute atomic E-state index is 14.0. The number of piperazine rings is 1. The first-order valence-electron chi connectivity index (χ1n) is 12.2. The molecule has 184 valence electrons. The number of benzene rings is 1. The molecule has 1 aliphatic carbocycles. The molecule has 8 nitrogen and oxygen atoms in total. The van der Waals surface area contributed by atoms with Gasteiger partial charge >= 0.3 is 0 Å². The van der Waals surface area contributed by atoms with Crippen molar-refractivity contribution < 1.29 is 24.2 Å². The van der Waals surface area contributed by atoms with Crippen molar-refractivity contribution >= 4 is 41.1 Å². The molecule has 6 aliphatic heterocycles. The van der Waals surface area contributed by atoms with Crippen molar-refractivity contribution in [2.24, 2.45) is 11.3 Å². The molecule has 3 N–H and O–H groups in total. The van der Waals surface area contributed by atoms with E-state index in [4.69, 9.17) is 16.3 Å². The van der Waals surface area contributed by atoms with Gasteiger partial charge in [-0.2, -0.15) is 0 Å². The monoisotopic (exact) mass is 497 g/mol. The van der Waals surface area contributed by atoms with E-state index in [0.717, 1.165) is 6.42 Å². The molecule has 2 bridgehead atoms. The van der Waals surface area contributed by atoms with Crippen LogP contribution >= 0.6 is 11.6 Å². The number of rotatable bonds is 0. The van der Waals surface area contributed by atoms with Gasteiger partial charge in [0.1, 0.15) is 33.9 Å². The maximum atomic E-state index is 14.0. The van der Waals surface area contributed by atoms with E-state index < -0.39 is 39.5 Å². The lowest BCUT2D eigenvalue weighted by Crippen LogP contribution is -2.83. The number of halogens is 1. The Morgan fingerprint density at radius 3 is 2.66 bits per heavy atom. The fourth-order valence-corrected chi connectivity index (χ4v) is 8.64. The van der Waals surface area contributed by atoms with E-state index in [9.17, 15) is 19.5 Å². The first-order valence-corrected chi connectivity index (χ1v) is 12.6. The molecule has 1 aromatic carbocycles. The summed E-state index contributed by atoms with van der Waals surface area (Å²) in [6.45, 7) is 8.19. The molecule has 4 saturated heterocycles. The van der Waals surface area contributed by atoms with E-state index in [1.807, 2.05) is 39.8 Å². The van der Waals surface area contributed by atoms with Crippen LogP contribution in [0.25, 0.3) is 6.08 Å². The number of ether oxygens (including phenoxy) is 1. The number of anilines is 1. The normalized spacial score (nSPS) is 40.7. The van der Waals surface area contributed by atoms with Gasteiger partial charge in [0.15, 0.2) is 0 Å². The summed E-state index contributed by atoms with van der Waals surface area (Å²) in [5.74, 6) is -0.848. The summed E-state index contributed by atoms with van der Waals surface area (Å²) in [7, 11) is 0. The SMILES string of the molecule is CC1(C)C=Cc2c3c(cc(Cl)c2O1)[C@@]1(C(=O)N3)[C@H](O)[C@]23NC(=O)[C@]4(CCCN4C2=O)C[C@H]3C1(C)C. The Morgan fingerprint density at radius 2 is 1.91 bits per heavy atom. The summed E-state index contributed by atoms with van der Waals surface area (Å²) in [6.07, 6.45) is 4.08. The molecule has 7 aliphatic rings. The number of carbonyl (C=O) groups is 3. The fraction of sp³-hybridized carbons (Fsp3) is 0.577. The highest BCUT2D eigenvalue weighted by Gasteiger charge is 2.85. The summed E-state index contributed by atoms with van der Waals surface area (Å²) >= 11 is 6.74. The maximum Gasteiger partial charge on any atom is 0.252 e. The smallest absolute Gasteiger partial charge is 0.252 e. The average molecular weight is 498 g/mol. The predicted molar refractivity (Wildman–Crippen MR) is 128 cm³/mol. The fourth-order valence-electron chi connectivity index (χ4n) is 8.39. The molecular weight excluding hydrogens is 470 g/mol. The minimum absolute atomic E-state index is 0.224. The second-order valence-electron chi connectivity index (χ2n) is 12.1. The highest BCUT2D eigenvalue weighted by atomic mass is 35.5. The molecule has 5 fully saturated rings. The number of aliphatic hydroxyl groups is 1. The van der Waals surface area contributed by atoms with Gasteiger partial charge in [-0.15, -0.1) is 0 Å². The van der Waals surface area contributed by atoms with Crippen molar-refractivity contribution in [1.82, 2.24) is 10.2 Å². The zero-order chi connectivity index (χ0) is 24.9. The molecule has 0 unspecified atom stereocenters. The van der Waals surface area contributed by atoms with E-state index >= 15 is 0 Å². The number of hydrogen-bond donors (Lipinski definition) is 3. The van der Waals surface area contributed by atoms with Crippen LogP contribution in [-0.4, -0.2) is 57.1 Å². The van der Waals surface area contributed by atoms with Gasteiger partial charge in [0, 0.05) is 18.0 Å². The molecule has 8 rings (SSSR count). The molecule has 6 heterocycles. The summed E-state index contributed by atoms with van der Waals surface area (Å²) in [5, 5.41) is 18.5. The van der Waals surface area contributed by atoms with Crippen molar-refractivity contribution in [2.45, 2.75) is 75.2 Å². The molecule has 0 radical (unpaired) electrons. The van der Waals surface area contributed by atoms with E-state index in [0.29, 0.717) is 47.0 Å². The van der Waals surface area contributed by atoms with Crippen molar-refractivity contribution in [1.29, 1.82) is 0 Å². The van der Waals surface area contributed by atoms with Crippen molar-refractivity contribution in [3.63, 3.8) is 0 Å². The largest absolute Gasteiger partial charge is 0.482 e. The zero-order valence-corrected chi connectivity index (χ0v) is 20.9. The number of hydrogen-bond acceptors (Lipinski definition) is 5. The van der Waals surface area contributed by atoms with Gasteiger partial charge in [-0.1, -0.05) is 25.4 Å². The van der Waals surface area contributed by atoms with Crippen LogP contribution in [0.3, 0.4) is 0 Å². The summed E-state index contributed by atoms with van der Waals surface area (Å²) in [6, 6.07) is 1.69. The zero-order valence-electron chi connectivity index (χ0n) is 20.1. The number of carbonyl (C=O) groups excluding carboxylic acids is 3. The number of nitrogens with zero attached hydrogens (tertiary/aromatic N) is 1. The predicted octanol–water partition coefficient (Wildman–Crippen LogP) is 2.36. The molecule has 0 aromatic heterocycles. The van der Waals surface area contributed by atoms with Crippen LogP contribution < -0.4 is 15.4 Å². The van der Waals surface area contributed by atoms with Gasteiger partial charge in [-0.25, -0.2) is 0 Å². The van der Waals surface area contributed by atoms with E-state index in [-0.39, 0.29) is 17.7 Å². The van der Waals surface area contributed by atoms with Crippen LogP contribution in [0.4, 0.5) is 5.69 Å². The van der Waals surface area contributed by atoms with Crippen LogP contribution in [0.15, 0.2) is 12.1 Å². The molecule has 3 spiro atoms. The third-order valence-corrected chi connectivity index (χ3v) is 10.2. The van der Waals surface area contributed by atoms with Crippen molar-refractivity contribution in [3.8, 4) is 5.75 Å². The summed E-state index contributed by atoms with van der Waals surface area (Å²) < 4.78 is 6.11. The highest BCUT2D eigenvalue weighted by Crippen LogP contribution is 2.70. The second kappa shape index (κ2) is 5.86. The Morgan fingerprint density at radius 1 is 1.17 bits per heavy atom. The Balaban J connectivity index is 1.49. The number of fused-ring (bicyclic) bond motifs is 5. The van der Waals surface area contributed by atoms with Gasteiger partial charge < -0.3 is 25.4 Å². The Hall–Kier alpha value is -2.58. The van der Waals surface area contributed by atoms with E-state index in [1.165, 1.54) is 0 Å². The first-order chi connectivity index (χ1) is 16.3. The third kappa shape index (κ3) is 2.01. The van der Waals surface area contributed by atoms with Crippen molar-refractivity contribution in [3.05, 3.63) is 28.3 Å². The molecule has 1 saturated carbocycles. The highest BCUT2D eigenvalue weighted by molar-refractivity contribution is 6.33. The van der Waals surface area contributed by atoms with Gasteiger partial charge in [-0.05, 0) is 62.3 Å². The number of nitrogens with one attached hydrogen (secondary N) is 2. The van der Waals surface area contributed by atoms with Gasteiger partial charge in [0.2, 0.25) is 11.8 Å². The van der Waals surface area contributed by atoms with Gasteiger partial charge in [0.05, 0.1) is 10.7 Å². The lowest BCUT2D eigenvalue weighted by Gasteiger charge is -2.59. The minimum Gasteiger partial charge on any atom is -0.482 e. The molecule has 35 heavy (non-hydrogen) atoms. The first kappa shape index (κ1) is 21.7. The molecule has 1 aromatic rings. The summed E-state index contributed by atoms with van der Waals surface area (Å²) in [4.78, 5) is 43.1. The second-order valence-corrected chi connectivity index (χ2v) is 12.5. The van der Waals surface area contributed by atoms with E-state index in [2.05, 4.69) is 10.6 Å². The van der Waals surface area contributed by atoms with Crippen molar-refractivity contribution in [2.75, 3.05) is 11.9 Å². The summed E-state index contributed by atoms with van der Waals surface area (Å²) in [5.41, 5.74) is -3.66. The van der Waals surface area contributed by atoms with Crippen LogP contribution in [0.1, 0.15) is 58.1 Å². The average Bonchev–Trinajstić information content (AvgIpc) is 3.38. The lowest BCUT2D eigenvalue weighted by molar-refractivity contribution is -0.180. The third-order valence-electron chi connectivity index (χ3n) is 9.96. The Labute approximate surface area is 208 Å². The van der Waals surface area contributed by atoms with Crippen LogP contribution in [0, 0.1) is 11.3 Å². The molecule has 3 amide bonds. The number of piperidine rings is 2. The van der Waals surface area contributed by atoms with Crippen LogP contribution in [-0.2, 0) is 19.8 Å². The number of aliphatic hydroxyl groups excluding tert-OH is 1. The topological polar surface area (TPSA) is 108 Å². The lowest BCUT2D eigenvalue weighted by atomic mass is 9.57. The van der Waals surface area contributed by atoms with Crippen LogP contribution in [0.2, 0.25) is 5.02 Å². The Bertz CT molecular complexity index is 1320. The molecule has 5 atom stereocenters.